The summed E-state index contributed by atoms with van der Waals surface area (Å²) in [6, 6.07) is 17.8. The highest BCUT2D eigenvalue weighted by atomic mass is 16.5. The Kier molecular flexibility index (Phi) is 6.98. The van der Waals surface area contributed by atoms with Gasteiger partial charge in [-0.3, -0.25) is 4.40 Å². The molecule has 2 heterocycles. The number of aromatic hydroxyl groups is 1. The highest BCUT2D eigenvalue weighted by Crippen LogP contribution is 2.43. The lowest BCUT2D eigenvalue weighted by molar-refractivity contribution is 0.330. The van der Waals surface area contributed by atoms with E-state index in [1.165, 1.54) is 0 Å². The van der Waals surface area contributed by atoms with Crippen LogP contribution in [0.3, 0.4) is 0 Å². The van der Waals surface area contributed by atoms with Crippen molar-refractivity contribution in [3.63, 3.8) is 0 Å². The summed E-state index contributed by atoms with van der Waals surface area (Å²) < 4.78 is 13.8. The zero-order valence-electron chi connectivity index (χ0n) is 22.9. The van der Waals surface area contributed by atoms with E-state index in [1.807, 2.05) is 54.6 Å². The van der Waals surface area contributed by atoms with Crippen LogP contribution in [-0.4, -0.2) is 32.7 Å². The van der Waals surface area contributed by atoms with Gasteiger partial charge in [0.25, 0.3) is 0 Å². The Labute approximate surface area is 223 Å². The molecule has 0 aliphatic rings. The van der Waals surface area contributed by atoms with Gasteiger partial charge in [0.1, 0.15) is 17.2 Å². The Morgan fingerprint density at radius 2 is 1.50 bits per heavy atom. The summed E-state index contributed by atoms with van der Waals surface area (Å²) in [6.07, 6.45) is 2.09. The van der Waals surface area contributed by atoms with Crippen LogP contribution in [0.25, 0.3) is 39.2 Å². The molecule has 0 saturated heterocycles. The van der Waals surface area contributed by atoms with E-state index < -0.39 is 0 Å². The normalized spacial score (nSPS) is 11.7. The molecule has 2 aromatic heterocycles. The molecule has 0 fully saturated rings. The molecule has 0 amide bonds. The molecule has 5 aromatic rings. The van der Waals surface area contributed by atoms with Crippen molar-refractivity contribution < 1.29 is 14.6 Å². The zero-order valence-corrected chi connectivity index (χ0v) is 22.9. The smallest absolute Gasteiger partial charge is 0.235 e. The van der Waals surface area contributed by atoms with Crippen LogP contribution >= 0.6 is 0 Å². The number of hydrogen-bond donors (Lipinski definition) is 1. The van der Waals surface area contributed by atoms with Gasteiger partial charge in [-0.2, -0.15) is 0 Å². The number of phenols is 1. The summed E-state index contributed by atoms with van der Waals surface area (Å²) in [5.74, 6) is 2.81. The molecule has 0 atom stereocenters. The topological polar surface area (TPSA) is 68.9 Å². The molecular weight excluding hydrogens is 474 g/mol. The Hall–Kier alpha value is -4.06. The number of rotatable bonds is 8. The van der Waals surface area contributed by atoms with Gasteiger partial charge in [-0.15, -0.1) is 0 Å². The van der Waals surface area contributed by atoms with Crippen LogP contribution in [0.2, 0.25) is 0 Å². The van der Waals surface area contributed by atoms with Gasteiger partial charge in [0, 0.05) is 23.4 Å². The molecule has 5 rings (SSSR count). The van der Waals surface area contributed by atoms with Gasteiger partial charge in [-0.05, 0) is 78.8 Å². The molecule has 6 nitrogen and oxygen atoms in total. The number of aromatic nitrogens is 3. The van der Waals surface area contributed by atoms with Crippen LogP contribution < -0.4 is 9.47 Å². The Bertz CT molecular complexity index is 1590. The lowest BCUT2D eigenvalue weighted by atomic mass is 9.88. The molecule has 0 radical (unpaired) electrons. The van der Waals surface area contributed by atoms with Crippen molar-refractivity contribution in [2.45, 2.75) is 53.4 Å². The highest BCUT2D eigenvalue weighted by Gasteiger charge is 2.22. The molecule has 0 unspecified atom stereocenters. The third-order valence-corrected chi connectivity index (χ3v) is 6.83. The fraction of sp³-hybridized carbons (Fsp3) is 0.312. The lowest BCUT2D eigenvalue weighted by Gasteiger charge is -2.22. The number of nitrogens with zero attached hydrogens (tertiary/aromatic N) is 3. The molecule has 0 bridgehead atoms. The van der Waals surface area contributed by atoms with Crippen LogP contribution in [0.4, 0.5) is 0 Å². The fourth-order valence-corrected chi connectivity index (χ4v) is 4.97. The van der Waals surface area contributed by atoms with Gasteiger partial charge < -0.3 is 14.6 Å². The average molecular weight is 510 g/mol. The van der Waals surface area contributed by atoms with Gasteiger partial charge in [0.2, 0.25) is 5.78 Å². The zero-order chi connectivity index (χ0) is 27.0. The second-order valence-electron chi connectivity index (χ2n) is 10.1. The molecule has 0 spiro atoms. The van der Waals surface area contributed by atoms with E-state index in [9.17, 15) is 5.11 Å². The fourth-order valence-electron chi connectivity index (χ4n) is 4.97. The van der Waals surface area contributed by atoms with E-state index in [2.05, 4.69) is 46.0 Å². The summed E-state index contributed by atoms with van der Waals surface area (Å²) >= 11 is 0. The molecule has 196 valence electrons. The highest BCUT2D eigenvalue weighted by molar-refractivity contribution is 5.88. The molecule has 0 aliphatic heterocycles. The van der Waals surface area contributed by atoms with E-state index in [4.69, 9.17) is 19.4 Å². The number of benzene rings is 3. The monoisotopic (exact) mass is 509 g/mol. The first-order valence-corrected chi connectivity index (χ1v) is 13.4. The maximum atomic E-state index is 11.1. The number of phenolic OH excluding ortho intramolecular Hbond substituents is 1. The molecule has 38 heavy (non-hydrogen) atoms. The Morgan fingerprint density at radius 1 is 0.816 bits per heavy atom. The number of para-hydroxylation sites is 2. The van der Waals surface area contributed by atoms with Crippen molar-refractivity contribution in [3.05, 3.63) is 71.9 Å². The largest absolute Gasteiger partial charge is 0.507 e. The molecular formula is C32H35N3O3. The SMILES string of the molecule is CCOc1ccc(-c2nc3nc4ccccc4n3cc2-c2cc(C(C)C)c(OCC)c(C(C)C)c2)c(O)c1. The van der Waals surface area contributed by atoms with Crippen LogP contribution in [-0.2, 0) is 0 Å². The van der Waals surface area contributed by atoms with Crippen molar-refractivity contribution >= 4 is 16.8 Å². The predicted molar refractivity (Wildman–Crippen MR) is 154 cm³/mol. The van der Waals surface area contributed by atoms with Crippen LogP contribution in [0.5, 0.6) is 17.2 Å². The maximum absolute atomic E-state index is 11.1. The number of ether oxygens (including phenoxy) is 2. The summed E-state index contributed by atoms with van der Waals surface area (Å²) in [7, 11) is 0. The first-order valence-electron chi connectivity index (χ1n) is 13.4. The molecule has 1 N–H and O–H groups in total. The van der Waals surface area contributed by atoms with Gasteiger partial charge in [-0.1, -0.05) is 39.8 Å². The van der Waals surface area contributed by atoms with E-state index in [0.29, 0.717) is 36.0 Å². The van der Waals surface area contributed by atoms with Crippen LogP contribution in [0, 0.1) is 0 Å². The second kappa shape index (κ2) is 10.4. The maximum Gasteiger partial charge on any atom is 0.235 e. The van der Waals surface area contributed by atoms with E-state index in [0.717, 1.165) is 39.0 Å². The summed E-state index contributed by atoms with van der Waals surface area (Å²) in [4.78, 5) is 9.79. The van der Waals surface area contributed by atoms with Gasteiger partial charge >= 0.3 is 0 Å². The third kappa shape index (κ3) is 4.55. The first-order chi connectivity index (χ1) is 18.3. The van der Waals surface area contributed by atoms with Gasteiger partial charge in [0.05, 0.1) is 29.9 Å². The standard InChI is InChI=1S/C32H35N3O3/c1-7-37-22-13-14-23(29(36)17-22)30-26(18-35-28-12-10-9-11-27(28)33-32(35)34-30)21-15-24(19(3)4)31(38-8-2)25(16-21)20(5)6/h9-20,36H,7-8H2,1-6H3. The van der Waals surface area contributed by atoms with E-state index >= 15 is 0 Å². The minimum absolute atomic E-state index is 0.115. The quantitative estimate of drug-likeness (QED) is 0.230. The van der Waals surface area contributed by atoms with Crippen LogP contribution in [0.15, 0.2) is 60.8 Å². The summed E-state index contributed by atoms with van der Waals surface area (Å²) in [5.41, 5.74) is 7.40. The van der Waals surface area contributed by atoms with Crippen molar-refractivity contribution in [1.82, 2.24) is 14.4 Å². The van der Waals surface area contributed by atoms with Gasteiger partial charge in [0.15, 0.2) is 0 Å². The van der Waals surface area contributed by atoms with Crippen molar-refractivity contribution in [2.24, 2.45) is 0 Å². The van der Waals surface area contributed by atoms with Crippen LogP contribution in [0.1, 0.15) is 64.5 Å². The third-order valence-electron chi connectivity index (χ3n) is 6.83. The molecule has 3 aromatic carbocycles. The Morgan fingerprint density at radius 3 is 2.13 bits per heavy atom. The van der Waals surface area contributed by atoms with E-state index in [1.54, 1.807) is 6.07 Å². The summed E-state index contributed by atoms with van der Waals surface area (Å²) in [5, 5.41) is 11.1. The van der Waals surface area contributed by atoms with Gasteiger partial charge in [-0.25, -0.2) is 9.97 Å². The summed E-state index contributed by atoms with van der Waals surface area (Å²) in [6.45, 7) is 13.8. The Balaban J connectivity index is 1.84. The number of hydrogen-bond acceptors (Lipinski definition) is 5. The second-order valence-corrected chi connectivity index (χ2v) is 10.1. The van der Waals surface area contributed by atoms with Crippen molar-refractivity contribution in [1.29, 1.82) is 0 Å². The molecule has 6 heteroatoms. The molecule has 0 saturated carbocycles. The number of fused-ring (bicyclic) bond motifs is 3. The average Bonchev–Trinajstić information content (AvgIpc) is 3.26. The minimum Gasteiger partial charge on any atom is -0.507 e. The van der Waals surface area contributed by atoms with Crippen molar-refractivity contribution in [2.75, 3.05) is 13.2 Å². The predicted octanol–water partition coefficient (Wildman–Crippen LogP) is 7.97. The number of imidazole rings is 1. The lowest BCUT2D eigenvalue weighted by Crippen LogP contribution is -2.05. The molecule has 0 aliphatic carbocycles. The van der Waals surface area contributed by atoms with E-state index in [-0.39, 0.29) is 17.6 Å². The minimum atomic E-state index is 0.115. The first kappa shape index (κ1) is 25.6. The van der Waals surface area contributed by atoms with Crippen molar-refractivity contribution in [3.8, 4) is 39.6 Å².